The highest BCUT2D eigenvalue weighted by atomic mass is 16.5. The molecule has 6 heteroatoms. The molecule has 0 saturated heterocycles. The molecule has 0 radical (unpaired) electrons. The first-order valence-electron chi connectivity index (χ1n) is 7.16. The van der Waals surface area contributed by atoms with E-state index in [2.05, 4.69) is 5.18 Å². The van der Waals surface area contributed by atoms with Gasteiger partial charge in [-0.05, 0) is 40.6 Å². The van der Waals surface area contributed by atoms with Crippen LogP contribution in [0.2, 0.25) is 0 Å². The molecule has 0 N–H and O–H groups in total. The molecule has 126 valence electrons. The van der Waals surface area contributed by atoms with Gasteiger partial charge in [0.2, 0.25) is 5.75 Å². The lowest BCUT2D eigenvalue weighted by atomic mass is 10.1. The van der Waals surface area contributed by atoms with Gasteiger partial charge in [-0.2, -0.15) is 0 Å². The minimum Gasteiger partial charge on any atom is -0.494 e. The summed E-state index contributed by atoms with van der Waals surface area (Å²) in [6.07, 6.45) is 3.73. The van der Waals surface area contributed by atoms with Crippen LogP contribution in [0, 0.1) is 4.91 Å². The van der Waals surface area contributed by atoms with Crippen molar-refractivity contribution in [2.45, 2.75) is 0 Å². The number of hydrogen-bond donors (Lipinski definition) is 0. The predicted octanol–water partition coefficient (Wildman–Crippen LogP) is 4.29. The first-order valence-corrected chi connectivity index (χ1v) is 7.16. The molecule has 0 heterocycles. The van der Waals surface area contributed by atoms with E-state index in [1.165, 1.54) is 7.11 Å². The molecule has 0 aliphatic rings. The lowest BCUT2D eigenvalue weighted by Gasteiger charge is -2.12. The summed E-state index contributed by atoms with van der Waals surface area (Å²) in [5.74, 6) is 2.12. The molecule has 0 aromatic heterocycles. The molecule has 2 aromatic carbocycles. The van der Waals surface area contributed by atoms with Crippen molar-refractivity contribution in [2.75, 3.05) is 28.4 Å². The lowest BCUT2D eigenvalue weighted by molar-refractivity contribution is 0.324. The molecule has 2 aromatic rings. The van der Waals surface area contributed by atoms with Gasteiger partial charge in [0.05, 0.1) is 28.4 Å². The average molecular weight is 329 g/mol. The lowest BCUT2D eigenvalue weighted by Crippen LogP contribution is -1.95. The quantitative estimate of drug-likeness (QED) is 0.560. The van der Waals surface area contributed by atoms with Gasteiger partial charge < -0.3 is 18.9 Å². The maximum Gasteiger partial charge on any atom is 0.203 e. The fourth-order valence-corrected chi connectivity index (χ4v) is 2.27. The number of ether oxygens (including phenoxy) is 4. The van der Waals surface area contributed by atoms with Gasteiger partial charge in [-0.3, -0.25) is 0 Å². The summed E-state index contributed by atoms with van der Waals surface area (Å²) in [5, 5.41) is 2.97. The second-order valence-corrected chi connectivity index (χ2v) is 4.81. The second-order valence-electron chi connectivity index (χ2n) is 4.81. The van der Waals surface area contributed by atoms with Crippen molar-refractivity contribution in [1.82, 2.24) is 0 Å². The van der Waals surface area contributed by atoms with Gasteiger partial charge in [0.15, 0.2) is 11.5 Å². The van der Waals surface area contributed by atoms with Crippen LogP contribution in [-0.4, -0.2) is 28.4 Å². The van der Waals surface area contributed by atoms with Crippen molar-refractivity contribution in [3.63, 3.8) is 0 Å². The third-order valence-corrected chi connectivity index (χ3v) is 3.46. The third kappa shape index (κ3) is 3.65. The highest BCUT2D eigenvalue weighted by Gasteiger charge is 2.12. The van der Waals surface area contributed by atoms with Crippen molar-refractivity contribution in [3.05, 3.63) is 46.4 Å². The molecule has 0 unspecified atom stereocenters. The van der Waals surface area contributed by atoms with Gasteiger partial charge in [-0.1, -0.05) is 18.2 Å². The Hall–Kier alpha value is -3.02. The maximum absolute atomic E-state index is 10.8. The number of benzene rings is 2. The number of nitrogens with zero attached hydrogens (tertiary/aromatic N) is 1. The number of rotatable bonds is 7. The molecule has 0 fully saturated rings. The molecular weight excluding hydrogens is 310 g/mol. The van der Waals surface area contributed by atoms with Gasteiger partial charge >= 0.3 is 0 Å². The summed E-state index contributed by atoms with van der Waals surface area (Å²) in [7, 11) is 6.18. The van der Waals surface area contributed by atoms with Gasteiger partial charge in [0.1, 0.15) is 11.4 Å². The van der Waals surface area contributed by atoms with Crippen molar-refractivity contribution >= 4 is 17.8 Å². The Balaban J connectivity index is 2.37. The molecule has 0 saturated carbocycles. The fourth-order valence-electron chi connectivity index (χ4n) is 2.27. The van der Waals surface area contributed by atoms with Crippen LogP contribution in [0.3, 0.4) is 0 Å². The molecule has 0 amide bonds. The zero-order valence-electron chi connectivity index (χ0n) is 14.0. The molecule has 24 heavy (non-hydrogen) atoms. The van der Waals surface area contributed by atoms with Gasteiger partial charge in [0, 0.05) is 0 Å². The summed E-state index contributed by atoms with van der Waals surface area (Å²) in [4.78, 5) is 10.8. The Kier molecular flexibility index (Phi) is 5.78. The van der Waals surface area contributed by atoms with E-state index < -0.39 is 0 Å². The van der Waals surface area contributed by atoms with Crippen molar-refractivity contribution in [2.24, 2.45) is 5.18 Å². The zero-order valence-corrected chi connectivity index (χ0v) is 14.0. The van der Waals surface area contributed by atoms with Crippen LogP contribution in [0.4, 0.5) is 5.69 Å². The van der Waals surface area contributed by atoms with Crippen molar-refractivity contribution < 1.29 is 18.9 Å². The van der Waals surface area contributed by atoms with Crippen LogP contribution >= 0.6 is 0 Å². The minimum absolute atomic E-state index is 0.254. The number of nitroso groups, excluding NO2 is 1. The van der Waals surface area contributed by atoms with E-state index in [1.54, 1.807) is 33.5 Å². The van der Waals surface area contributed by atoms with Crippen LogP contribution in [0.15, 0.2) is 35.5 Å². The highest BCUT2D eigenvalue weighted by Crippen LogP contribution is 2.38. The summed E-state index contributed by atoms with van der Waals surface area (Å²) >= 11 is 0. The van der Waals surface area contributed by atoms with E-state index >= 15 is 0 Å². The van der Waals surface area contributed by atoms with Gasteiger partial charge in [-0.15, -0.1) is 4.91 Å². The number of hydrogen-bond acceptors (Lipinski definition) is 6. The van der Waals surface area contributed by atoms with E-state index in [1.807, 2.05) is 30.4 Å². The van der Waals surface area contributed by atoms with Crippen LogP contribution < -0.4 is 18.9 Å². The minimum atomic E-state index is 0.254. The van der Waals surface area contributed by atoms with Crippen LogP contribution in [0.25, 0.3) is 12.2 Å². The highest BCUT2D eigenvalue weighted by molar-refractivity contribution is 5.74. The van der Waals surface area contributed by atoms with Crippen molar-refractivity contribution in [3.8, 4) is 23.0 Å². The molecule has 0 aliphatic heterocycles. The molecular formula is C18H19NO5. The van der Waals surface area contributed by atoms with Gasteiger partial charge in [-0.25, -0.2) is 0 Å². The Morgan fingerprint density at radius 1 is 0.750 bits per heavy atom. The standard InChI is InChI=1S/C18H19NO5/c1-21-15-8-7-12(9-14(15)19-20)5-6-13-10-16(22-2)18(24-4)17(11-13)23-3/h5-11H,1-4H3/b6-5-. The van der Waals surface area contributed by atoms with E-state index in [0.29, 0.717) is 23.0 Å². The zero-order chi connectivity index (χ0) is 17.5. The summed E-state index contributed by atoms with van der Waals surface area (Å²) in [5.41, 5.74) is 1.93. The summed E-state index contributed by atoms with van der Waals surface area (Å²) < 4.78 is 21.0. The van der Waals surface area contributed by atoms with E-state index in [9.17, 15) is 4.91 Å². The molecule has 0 atom stereocenters. The largest absolute Gasteiger partial charge is 0.494 e. The summed E-state index contributed by atoms with van der Waals surface area (Å²) in [6.45, 7) is 0. The number of methoxy groups -OCH3 is 4. The Morgan fingerprint density at radius 3 is 1.83 bits per heavy atom. The first kappa shape index (κ1) is 17.3. The molecule has 0 bridgehead atoms. The predicted molar refractivity (Wildman–Crippen MR) is 93.5 cm³/mol. The second kappa shape index (κ2) is 8.01. The third-order valence-electron chi connectivity index (χ3n) is 3.46. The normalized spacial score (nSPS) is 10.5. The Bertz CT molecular complexity index is 730. The topological polar surface area (TPSA) is 66.3 Å². The van der Waals surface area contributed by atoms with Crippen LogP contribution in [0.1, 0.15) is 11.1 Å². The van der Waals surface area contributed by atoms with Crippen molar-refractivity contribution in [1.29, 1.82) is 0 Å². The van der Waals surface area contributed by atoms with Crippen LogP contribution in [-0.2, 0) is 0 Å². The maximum atomic E-state index is 10.8. The SMILES string of the molecule is COc1ccc(/C=C\c2cc(OC)c(OC)c(OC)c2)cc1N=O. The molecule has 2 rings (SSSR count). The monoisotopic (exact) mass is 329 g/mol. The van der Waals surface area contributed by atoms with E-state index in [4.69, 9.17) is 18.9 Å². The Morgan fingerprint density at radius 2 is 1.33 bits per heavy atom. The summed E-state index contributed by atoms with van der Waals surface area (Å²) in [6, 6.07) is 8.86. The van der Waals surface area contributed by atoms with E-state index in [0.717, 1.165) is 11.1 Å². The molecule has 6 nitrogen and oxygen atoms in total. The van der Waals surface area contributed by atoms with Crippen LogP contribution in [0.5, 0.6) is 23.0 Å². The first-order chi connectivity index (χ1) is 11.7. The molecule has 0 aliphatic carbocycles. The average Bonchev–Trinajstić information content (AvgIpc) is 2.64. The van der Waals surface area contributed by atoms with E-state index in [-0.39, 0.29) is 5.69 Å². The molecule has 0 spiro atoms. The fraction of sp³-hybridized carbons (Fsp3) is 0.222. The Labute approximate surface area is 140 Å². The van der Waals surface area contributed by atoms with Gasteiger partial charge in [0.25, 0.3) is 0 Å². The smallest absolute Gasteiger partial charge is 0.203 e.